The highest BCUT2D eigenvalue weighted by Gasteiger charge is 2.41. The minimum Gasteiger partial charge on any atom is -0.382 e. The molecule has 5 heteroatoms. The smallest absolute Gasteiger partial charge is 0.248 e. The van der Waals surface area contributed by atoms with Crippen molar-refractivity contribution in [1.29, 1.82) is 0 Å². The highest BCUT2D eigenvalue weighted by Crippen LogP contribution is 2.47. The number of nitrogens with one attached hydrogen (secondary N) is 1. The van der Waals surface area contributed by atoms with Gasteiger partial charge in [-0.3, -0.25) is 4.79 Å². The molecule has 92 valence electrons. The number of primary amides is 1. The molecule has 1 fully saturated rings. The topological polar surface area (TPSA) is 55.1 Å². The lowest BCUT2D eigenvalue weighted by atomic mass is 10.2. The van der Waals surface area contributed by atoms with Gasteiger partial charge in [0.15, 0.2) is 0 Å². The number of nitrogens with two attached hydrogens (primary N) is 1. The quantitative estimate of drug-likeness (QED) is 0.865. The van der Waals surface area contributed by atoms with Gasteiger partial charge in [-0.2, -0.15) is 11.8 Å². The molecule has 0 unspecified atom stereocenters. The first-order valence-electron chi connectivity index (χ1n) is 5.45. The van der Waals surface area contributed by atoms with Crippen LogP contribution in [0.15, 0.2) is 18.2 Å². The van der Waals surface area contributed by atoms with Crippen molar-refractivity contribution in [3.05, 3.63) is 28.8 Å². The summed E-state index contributed by atoms with van der Waals surface area (Å²) in [5.74, 6) is -0.435. The molecule has 0 saturated heterocycles. The molecule has 1 aromatic carbocycles. The summed E-state index contributed by atoms with van der Waals surface area (Å²) in [5.41, 5.74) is 6.50. The van der Waals surface area contributed by atoms with Crippen LogP contribution in [0, 0.1) is 0 Å². The van der Waals surface area contributed by atoms with Crippen molar-refractivity contribution in [2.45, 2.75) is 17.6 Å². The SMILES string of the molecule is CSC1(CNc2cc(C(N)=O)ccc2Cl)CC1. The van der Waals surface area contributed by atoms with Crippen LogP contribution in [0.5, 0.6) is 0 Å². The molecule has 0 aromatic heterocycles. The summed E-state index contributed by atoms with van der Waals surface area (Å²) in [7, 11) is 0. The minimum atomic E-state index is -0.435. The van der Waals surface area contributed by atoms with Crippen LogP contribution in [0.2, 0.25) is 5.02 Å². The van der Waals surface area contributed by atoms with E-state index in [1.165, 1.54) is 12.8 Å². The normalized spacial score (nSPS) is 16.6. The molecule has 0 bridgehead atoms. The van der Waals surface area contributed by atoms with Gasteiger partial charge in [0.05, 0.1) is 10.7 Å². The van der Waals surface area contributed by atoms with Crippen molar-refractivity contribution in [2.24, 2.45) is 5.73 Å². The Kier molecular flexibility index (Phi) is 3.54. The molecule has 0 atom stereocenters. The van der Waals surface area contributed by atoms with E-state index in [0.29, 0.717) is 15.3 Å². The molecule has 1 aromatic rings. The molecule has 0 radical (unpaired) electrons. The van der Waals surface area contributed by atoms with Crippen molar-refractivity contribution in [3.8, 4) is 0 Å². The Labute approximate surface area is 110 Å². The third kappa shape index (κ3) is 2.87. The van der Waals surface area contributed by atoms with Gasteiger partial charge in [0.1, 0.15) is 0 Å². The van der Waals surface area contributed by atoms with E-state index in [4.69, 9.17) is 17.3 Å². The van der Waals surface area contributed by atoms with Crippen LogP contribution in [0.25, 0.3) is 0 Å². The molecule has 1 amide bonds. The third-order valence-corrected chi connectivity index (χ3v) is 4.84. The molecule has 0 aliphatic heterocycles. The van der Waals surface area contributed by atoms with Gasteiger partial charge in [0.25, 0.3) is 0 Å². The Hall–Kier alpha value is -0.870. The van der Waals surface area contributed by atoms with Crippen molar-refractivity contribution < 1.29 is 4.79 Å². The van der Waals surface area contributed by atoms with Gasteiger partial charge >= 0.3 is 0 Å². The molecule has 17 heavy (non-hydrogen) atoms. The number of rotatable bonds is 5. The maximum atomic E-state index is 11.1. The van der Waals surface area contributed by atoms with E-state index >= 15 is 0 Å². The minimum absolute atomic E-state index is 0.353. The van der Waals surface area contributed by atoms with Gasteiger partial charge in [0, 0.05) is 16.9 Å². The third-order valence-electron chi connectivity index (χ3n) is 3.09. The van der Waals surface area contributed by atoms with Crippen LogP contribution in [-0.4, -0.2) is 23.5 Å². The first-order valence-corrected chi connectivity index (χ1v) is 7.05. The zero-order chi connectivity index (χ0) is 12.5. The van der Waals surface area contributed by atoms with Crippen LogP contribution >= 0.6 is 23.4 Å². The Morgan fingerprint density at radius 3 is 2.82 bits per heavy atom. The van der Waals surface area contributed by atoms with Crippen LogP contribution in [0.4, 0.5) is 5.69 Å². The molecule has 0 spiro atoms. The predicted octanol–water partition coefficient (Wildman–Crippen LogP) is 2.75. The number of hydrogen-bond acceptors (Lipinski definition) is 3. The second kappa shape index (κ2) is 4.78. The number of anilines is 1. The highest BCUT2D eigenvalue weighted by molar-refractivity contribution is 8.00. The molecular weight excluding hydrogens is 256 g/mol. The lowest BCUT2D eigenvalue weighted by molar-refractivity contribution is 0.100. The summed E-state index contributed by atoms with van der Waals surface area (Å²) in [6.45, 7) is 0.871. The maximum absolute atomic E-state index is 11.1. The van der Waals surface area contributed by atoms with E-state index in [1.807, 2.05) is 11.8 Å². The van der Waals surface area contributed by atoms with E-state index in [-0.39, 0.29) is 0 Å². The summed E-state index contributed by atoms with van der Waals surface area (Å²) in [6.07, 6.45) is 4.58. The zero-order valence-electron chi connectivity index (χ0n) is 9.63. The number of amides is 1. The average molecular weight is 271 g/mol. The van der Waals surface area contributed by atoms with E-state index < -0.39 is 5.91 Å². The van der Waals surface area contributed by atoms with E-state index in [9.17, 15) is 4.79 Å². The van der Waals surface area contributed by atoms with E-state index in [2.05, 4.69) is 11.6 Å². The Morgan fingerprint density at radius 2 is 2.29 bits per heavy atom. The Balaban J connectivity index is 2.09. The number of carbonyl (C=O) groups excluding carboxylic acids is 1. The number of thioether (sulfide) groups is 1. The van der Waals surface area contributed by atoms with Crippen LogP contribution in [0.3, 0.4) is 0 Å². The maximum Gasteiger partial charge on any atom is 0.248 e. The zero-order valence-corrected chi connectivity index (χ0v) is 11.2. The fourth-order valence-electron chi connectivity index (χ4n) is 1.66. The molecule has 3 nitrogen and oxygen atoms in total. The van der Waals surface area contributed by atoms with Gasteiger partial charge in [-0.05, 0) is 37.3 Å². The number of carbonyl (C=O) groups is 1. The standard InChI is InChI=1S/C12H15ClN2OS/c1-17-12(4-5-12)7-15-10-6-8(11(14)16)2-3-9(10)13/h2-3,6,15H,4-5,7H2,1H3,(H2,14,16). The molecule has 2 rings (SSSR count). The predicted molar refractivity (Wildman–Crippen MR) is 73.9 cm³/mol. The van der Waals surface area contributed by atoms with Gasteiger partial charge < -0.3 is 11.1 Å². The van der Waals surface area contributed by atoms with Gasteiger partial charge in [-0.25, -0.2) is 0 Å². The first kappa shape index (κ1) is 12.6. The van der Waals surface area contributed by atoms with E-state index in [0.717, 1.165) is 12.2 Å². The molecule has 1 aliphatic carbocycles. The highest BCUT2D eigenvalue weighted by atomic mass is 35.5. The van der Waals surface area contributed by atoms with Gasteiger partial charge in [-0.15, -0.1) is 0 Å². The summed E-state index contributed by atoms with van der Waals surface area (Å²) in [4.78, 5) is 11.1. The summed E-state index contributed by atoms with van der Waals surface area (Å²) in [6, 6.07) is 5.04. The first-order chi connectivity index (χ1) is 8.06. The lowest BCUT2D eigenvalue weighted by Gasteiger charge is -2.15. The van der Waals surface area contributed by atoms with Gasteiger partial charge in [-0.1, -0.05) is 11.6 Å². The van der Waals surface area contributed by atoms with Crippen LogP contribution in [-0.2, 0) is 0 Å². The number of benzene rings is 1. The van der Waals surface area contributed by atoms with Crippen molar-refractivity contribution in [2.75, 3.05) is 18.1 Å². The van der Waals surface area contributed by atoms with Crippen molar-refractivity contribution in [3.63, 3.8) is 0 Å². The molecule has 3 N–H and O–H groups in total. The lowest BCUT2D eigenvalue weighted by Crippen LogP contribution is -2.18. The van der Waals surface area contributed by atoms with E-state index in [1.54, 1.807) is 18.2 Å². The Bertz CT molecular complexity index is 446. The van der Waals surface area contributed by atoms with Crippen molar-refractivity contribution in [1.82, 2.24) is 0 Å². The van der Waals surface area contributed by atoms with Gasteiger partial charge in [0.2, 0.25) is 5.91 Å². The Morgan fingerprint density at radius 1 is 1.59 bits per heavy atom. The molecular formula is C12H15ClN2OS. The fraction of sp³-hybridized carbons (Fsp3) is 0.417. The largest absolute Gasteiger partial charge is 0.382 e. The molecule has 1 aliphatic rings. The summed E-state index contributed by atoms with van der Waals surface area (Å²) >= 11 is 7.95. The fourth-order valence-corrected chi connectivity index (χ4v) is 2.57. The second-order valence-corrected chi connectivity index (χ2v) is 5.98. The molecule has 0 heterocycles. The molecule has 1 saturated carbocycles. The monoisotopic (exact) mass is 270 g/mol. The average Bonchev–Trinajstić information content (AvgIpc) is 3.08. The summed E-state index contributed by atoms with van der Waals surface area (Å²) < 4.78 is 0.353. The summed E-state index contributed by atoms with van der Waals surface area (Å²) in [5, 5.41) is 3.92. The number of hydrogen-bond donors (Lipinski definition) is 2. The second-order valence-electron chi connectivity index (χ2n) is 4.30. The van der Waals surface area contributed by atoms with Crippen LogP contribution in [0.1, 0.15) is 23.2 Å². The van der Waals surface area contributed by atoms with Crippen molar-refractivity contribution >= 4 is 35.0 Å². The number of halogens is 1. The van der Waals surface area contributed by atoms with Crippen LogP contribution < -0.4 is 11.1 Å².